The van der Waals surface area contributed by atoms with Crippen molar-refractivity contribution in [1.29, 1.82) is 0 Å². The third kappa shape index (κ3) is 7.34. The summed E-state index contributed by atoms with van der Waals surface area (Å²) in [6, 6.07) is 13.1. The van der Waals surface area contributed by atoms with Crippen LogP contribution >= 0.6 is 0 Å². The number of benzene rings is 2. The minimum atomic E-state index is -0.928. The fraction of sp³-hybridized carbons (Fsp3) is 0.438. The number of rotatable bonds is 9. The summed E-state index contributed by atoms with van der Waals surface area (Å²) in [5.74, 6) is 0.108. The zero-order chi connectivity index (χ0) is 27.3. The van der Waals surface area contributed by atoms with Crippen LogP contribution in [0.4, 0.5) is 0 Å². The van der Waals surface area contributed by atoms with Crippen LogP contribution < -0.4 is 10.1 Å². The van der Waals surface area contributed by atoms with Crippen LogP contribution in [0.1, 0.15) is 64.2 Å². The molecular weight excluding hydrogens is 462 g/mol. The maximum atomic E-state index is 12.3. The largest absolute Gasteiger partial charge is 0.490 e. The van der Waals surface area contributed by atoms with E-state index in [9.17, 15) is 9.59 Å². The monoisotopic (exact) mass is 503 g/mol. The van der Waals surface area contributed by atoms with Crippen LogP contribution in [0.3, 0.4) is 0 Å². The lowest BCUT2D eigenvalue weighted by Gasteiger charge is -2.30. The molecule has 1 aliphatic carbocycles. The molecule has 0 spiro atoms. The van der Waals surface area contributed by atoms with Gasteiger partial charge in [-0.3, -0.25) is 9.59 Å². The molecule has 5 heteroatoms. The normalized spacial score (nSPS) is 16.3. The van der Waals surface area contributed by atoms with E-state index in [1.807, 2.05) is 18.2 Å². The van der Waals surface area contributed by atoms with Gasteiger partial charge >= 0.3 is 5.97 Å². The smallest absolute Gasteiger partial charge is 0.305 e. The Bertz CT molecular complexity index is 1160. The van der Waals surface area contributed by atoms with Crippen molar-refractivity contribution in [2.45, 2.75) is 72.8 Å². The predicted octanol–water partition coefficient (Wildman–Crippen LogP) is 6.76. The van der Waals surface area contributed by atoms with Crippen molar-refractivity contribution in [1.82, 2.24) is 5.32 Å². The zero-order valence-electron chi connectivity index (χ0n) is 23.2. The van der Waals surface area contributed by atoms with E-state index in [2.05, 4.69) is 90.2 Å². The number of amides is 1. The van der Waals surface area contributed by atoms with Crippen LogP contribution in [0.25, 0.3) is 11.1 Å². The van der Waals surface area contributed by atoms with Gasteiger partial charge in [-0.2, -0.15) is 0 Å². The lowest BCUT2D eigenvalue weighted by Crippen LogP contribution is -2.33. The van der Waals surface area contributed by atoms with Crippen molar-refractivity contribution in [3.63, 3.8) is 0 Å². The summed E-state index contributed by atoms with van der Waals surface area (Å²) in [5, 5.41) is 11.4. The Labute approximate surface area is 221 Å². The summed E-state index contributed by atoms with van der Waals surface area (Å²) in [6.45, 7) is 15.4. The van der Waals surface area contributed by atoms with Crippen LogP contribution in [0.2, 0.25) is 0 Å². The quantitative estimate of drug-likeness (QED) is 0.396. The molecule has 0 aromatic heterocycles. The third-order valence-corrected chi connectivity index (χ3v) is 6.92. The Morgan fingerprint density at radius 2 is 1.70 bits per heavy atom. The van der Waals surface area contributed by atoms with Gasteiger partial charge in [-0.05, 0) is 71.6 Å². The van der Waals surface area contributed by atoms with Crippen LogP contribution in [0.5, 0.6) is 5.75 Å². The van der Waals surface area contributed by atoms with Gasteiger partial charge in [-0.1, -0.05) is 77.1 Å². The second-order valence-electron chi connectivity index (χ2n) is 11.4. The van der Waals surface area contributed by atoms with Crippen molar-refractivity contribution < 1.29 is 19.4 Å². The summed E-state index contributed by atoms with van der Waals surface area (Å²) in [5.41, 5.74) is 6.83. The molecular formula is C32H41NO4. The molecule has 0 heterocycles. The fourth-order valence-electron chi connectivity index (χ4n) is 4.89. The second-order valence-corrected chi connectivity index (χ2v) is 11.4. The van der Waals surface area contributed by atoms with Gasteiger partial charge in [-0.15, -0.1) is 0 Å². The number of aliphatic carboxylic acids is 1. The van der Waals surface area contributed by atoms with E-state index < -0.39 is 5.97 Å². The zero-order valence-corrected chi connectivity index (χ0v) is 23.2. The molecule has 198 valence electrons. The molecule has 0 radical (unpaired) electrons. The molecule has 2 aromatic rings. The first-order chi connectivity index (χ1) is 17.4. The van der Waals surface area contributed by atoms with Crippen molar-refractivity contribution >= 4 is 11.9 Å². The number of hydrogen-bond acceptors (Lipinski definition) is 3. The van der Waals surface area contributed by atoms with Gasteiger partial charge in [0.1, 0.15) is 11.9 Å². The lowest BCUT2D eigenvalue weighted by molar-refractivity contribution is -0.136. The van der Waals surface area contributed by atoms with Crippen molar-refractivity contribution in [3.05, 3.63) is 76.9 Å². The van der Waals surface area contributed by atoms with E-state index in [1.54, 1.807) is 0 Å². The highest BCUT2D eigenvalue weighted by Crippen LogP contribution is 2.35. The molecule has 3 rings (SSSR count). The molecule has 0 fully saturated rings. The standard InChI is InChI=1S/C32H41NO4/c1-20(2)30(24-8-10-25(11-9-24)31(36)33-17-16-28(34)35)37-27-18-21(3)29(22(4)19-27)23-12-14-26(15-13-23)32(5,6)7/h8,10-15,18-20,24,30H,9,16-17H2,1-7H3,(H,33,36)(H,34,35). The van der Waals surface area contributed by atoms with Gasteiger partial charge in [-0.25, -0.2) is 0 Å². The molecule has 0 saturated heterocycles. The van der Waals surface area contributed by atoms with Crippen LogP contribution in [-0.2, 0) is 15.0 Å². The van der Waals surface area contributed by atoms with Crippen molar-refractivity contribution in [2.24, 2.45) is 11.8 Å². The fourth-order valence-corrected chi connectivity index (χ4v) is 4.89. The number of carboxylic acids is 1. The second kappa shape index (κ2) is 11.8. The van der Waals surface area contributed by atoms with Crippen molar-refractivity contribution in [3.8, 4) is 16.9 Å². The third-order valence-electron chi connectivity index (χ3n) is 6.92. The van der Waals surface area contributed by atoms with Gasteiger partial charge in [0.2, 0.25) is 0 Å². The predicted molar refractivity (Wildman–Crippen MR) is 150 cm³/mol. The maximum Gasteiger partial charge on any atom is 0.305 e. The Hall–Kier alpha value is -3.34. The van der Waals surface area contributed by atoms with E-state index in [-0.39, 0.29) is 42.2 Å². The number of carbonyl (C=O) groups excluding carboxylic acids is 1. The SMILES string of the molecule is Cc1cc(OC(C(C)C)C2C=CC(C(=O)NCCC(=O)O)=CC2)cc(C)c1-c1ccc(C(C)(C)C)cc1. The summed E-state index contributed by atoms with van der Waals surface area (Å²) in [7, 11) is 0. The van der Waals surface area contributed by atoms with Crippen LogP contribution in [0.15, 0.2) is 60.2 Å². The topological polar surface area (TPSA) is 75.6 Å². The Morgan fingerprint density at radius 3 is 2.19 bits per heavy atom. The molecule has 2 aromatic carbocycles. The van der Waals surface area contributed by atoms with Gasteiger partial charge in [0, 0.05) is 18.0 Å². The number of aryl methyl sites for hydroxylation is 2. The Balaban J connectivity index is 1.72. The summed E-state index contributed by atoms with van der Waals surface area (Å²) in [6.07, 6.45) is 6.34. The highest BCUT2D eigenvalue weighted by molar-refractivity contribution is 5.96. The molecule has 2 unspecified atom stereocenters. The molecule has 1 aliphatic rings. The molecule has 2 atom stereocenters. The number of nitrogens with one attached hydrogen (secondary N) is 1. The Morgan fingerprint density at radius 1 is 1.08 bits per heavy atom. The number of carbonyl (C=O) groups is 2. The molecule has 2 N–H and O–H groups in total. The molecule has 0 aliphatic heterocycles. The summed E-state index contributed by atoms with van der Waals surface area (Å²) >= 11 is 0. The Kier molecular flexibility index (Phi) is 9.01. The van der Waals surface area contributed by atoms with Gasteiger partial charge in [0.25, 0.3) is 5.91 Å². The molecule has 0 saturated carbocycles. The lowest BCUT2D eigenvalue weighted by atomic mass is 9.85. The van der Waals surface area contributed by atoms with E-state index in [1.165, 1.54) is 27.8 Å². The first kappa shape index (κ1) is 28.2. The minimum Gasteiger partial charge on any atom is -0.490 e. The maximum absolute atomic E-state index is 12.3. The highest BCUT2D eigenvalue weighted by atomic mass is 16.5. The van der Waals surface area contributed by atoms with Gasteiger partial charge in [0.15, 0.2) is 0 Å². The number of hydrogen-bond donors (Lipinski definition) is 2. The van der Waals surface area contributed by atoms with E-state index in [4.69, 9.17) is 9.84 Å². The van der Waals surface area contributed by atoms with Crippen molar-refractivity contribution in [2.75, 3.05) is 6.54 Å². The molecule has 5 nitrogen and oxygen atoms in total. The van der Waals surface area contributed by atoms with E-state index in [0.29, 0.717) is 12.0 Å². The van der Waals surface area contributed by atoms with E-state index in [0.717, 1.165) is 5.75 Å². The van der Waals surface area contributed by atoms with E-state index >= 15 is 0 Å². The number of ether oxygens (including phenoxy) is 1. The summed E-state index contributed by atoms with van der Waals surface area (Å²) in [4.78, 5) is 23.0. The van der Waals surface area contributed by atoms with Gasteiger partial charge < -0.3 is 15.2 Å². The minimum absolute atomic E-state index is 0.0418. The molecule has 37 heavy (non-hydrogen) atoms. The average molecular weight is 504 g/mol. The van der Waals surface area contributed by atoms with Crippen LogP contribution in [0, 0.1) is 25.7 Å². The molecule has 0 bridgehead atoms. The summed E-state index contributed by atoms with van der Waals surface area (Å²) < 4.78 is 6.57. The number of carboxylic acid groups (broad SMARTS) is 1. The molecule has 1 amide bonds. The van der Waals surface area contributed by atoms with Crippen LogP contribution in [-0.4, -0.2) is 29.6 Å². The average Bonchev–Trinajstić information content (AvgIpc) is 2.81. The highest BCUT2D eigenvalue weighted by Gasteiger charge is 2.27. The first-order valence-electron chi connectivity index (χ1n) is 13.1. The number of allylic oxidation sites excluding steroid dienone is 1. The first-order valence-corrected chi connectivity index (χ1v) is 13.1. The van der Waals surface area contributed by atoms with Gasteiger partial charge in [0.05, 0.1) is 6.42 Å².